The first-order chi connectivity index (χ1) is 5.93. The van der Waals surface area contributed by atoms with Crippen LogP contribution in [0.25, 0.3) is 0 Å². The fourth-order valence-electron chi connectivity index (χ4n) is 1.38. The fourth-order valence-corrected chi connectivity index (χ4v) is 1.38. The van der Waals surface area contributed by atoms with E-state index in [1.807, 2.05) is 0 Å². The summed E-state index contributed by atoms with van der Waals surface area (Å²) in [5, 5.41) is 0. The van der Waals surface area contributed by atoms with E-state index in [4.69, 9.17) is 5.73 Å². The number of nitrogens with two attached hydrogens (primary N) is 1. The van der Waals surface area contributed by atoms with Crippen molar-refractivity contribution in [3.8, 4) is 0 Å². The van der Waals surface area contributed by atoms with Crippen molar-refractivity contribution in [2.45, 2.75) is 59.0 Å². The van der Waals surface area contributed by atoms with Gasteiger partial charge in [-0.05, 0) is 40.2 Å². The maximum atomic E-state index is 6.14. The molecule has 0 aromatic heterocycles. The van der Waals surface area contributed by atoms with Gasteiger partial charge < -0.3 is 5.73 Å². The highest BCUT2D eigenvalue weighted by molar-refractivity contribution is 4.82. The molecule has 0 aliphatic rings. The Kier molecular flexibility index (Phi) is 5.57. The summed E-state index contributed by atoms with van der Waals surface area (Å²) in [4.78, 5) is 2.46. The number of rotatable bonds is 6. The minimum Gasteiger partial charge on any atom is -0.324 e. The molecule has 0 fully saturated rings. The molecule has 0 amide bonds. The van der Waals surface area contributed by atoms with E-state index in [-0.39, 0.29) is 5.54 Å². The average Bonchev–Trinajstić information content (AvgIpc) is 2.03. The molecular formula is C11H26N2. The first kappa shape index (κ1) is 12.9. The third kappa shape index (κ3) is 5.27. The highest BCUT2D eigenvalue weighted by Gasteiger charge is 2.21. The zero-order valence-electron chi connectivity index (χ0n) is 9.93. The van der Waals surface area contributed by atoms with Gasteiger partial charge in [-0.1, -0.05) is 13.8 Å². The summed E-state index contributed by atoms with van der Waals surface area (Å²) >= 11 is 0. The summed E-state index contributed by atoms with van der Waals surface area (Å²) in [5.74, 6) is 0. The van der Waals surface area contributed by atoms with Crippen LogP contribution < -0.4 is 5.73 Å². The van der Waals surface area contributed by atoms with E-state index in [0.717, 1.165) is 19.5 Å². The summed E-state index contributed by atoms with van der Waals surface area (Å²) in [7, 11) is 0. The second kappa shape index (κ2) is 5.61. The van der Waals surface area contributed by atoms with Crippen molar-refractivity contribution in [1.82, 2.24) is 4.90 Å². The number of nitrogens with zero attached hydrogens (tertiary/aromatic N) is 1. The molecule has 2 heteroatoms. The van der Waals surface area contributed by atoms with Gasteiger partial charge in [0.2, 0.25) is 0 Å². The van der Waals surface area contributed by atoms with Crippen molar-refractivity contribution in [2.24, 2.45) is 5.73 Å². The van der Waals surface area contributed by atoms with Crippen molar-refractivity contribution in [2.75, 3.05) is 13.1 Å². The van der Waals surface area contributed by atoms with E-state index in [2.05, 4.69) is 39.5 Å². The van der Waals surface area contributed by atoms with Gasteiger partial charge in [-0.3, -0.25) is 4.90 Å². The molecule has 1 unspecified atom stereocenters. The van der Waals surface area contributed by atoms with Crippen molar-refractivity contribution in [3.63, 3.8) is 0 Å². The molecule has 0 heterocycles. The Bertz CT molecular complexity index is 130. The quantitative estimate of drug-likeness (QED) is 0.689. The van der Waals surface area contributed by atoms with E-state index < -0.39 is 0 Å². The smallest absolute Gasteiger partial charge is 0.0252 e. The second-order valence-corrected chi connectivity index (χ2v) is 4.57. The highest BCUT2D eigenvalue weighted by atomic mass is 15.2. The third-order valence-electron chi connectivity index (χ3n) is 2.61. The lowest BCUT2D eigenvalue weighted by Gasteiger charge is -2.34. The predicted molar refractivity (Wildman–Crippen MR) is 59.9 cm³/mol. The van der Waals surface area contributed by atoms with Crippen LogP contribution in [0.15, 0.2) is 0 Å². The molecule has 0 aromatic rings. The normalized spacial score (nSPS) is 16.6. The fraction of sp³-hybridized carbons (Fsp3) is 1.00. The number of hydrogen-bond donors (Lipinski definition) is 1. The molecule has 0 saturated carbocycles. The van der Waals surface area contributed by atoms with Crippen molar-refractivity contribution >= 4 is 0 Å². The van der Waals surface area contributed by atoms with Crippen LogP contribution in [0, 0.1) is 0 Å². The molecule has 0 spiro atoms. The van der Waals surface area contributed by atoms with Crippen LogP contribution in [0.4, 0.5) is 0 Å². The molecule has 13 heavy (non-hydrogen) atoms. The van der Waals surface area contributed by atoms with Gasteiger partial charge in [-0.25, -0.2) is 0 Å². The summed E-state index contributed by atoms with van der Waals surface area (Å²) in [6.07, 6.45) is 2.25. The van der Waals surface area contributed by atoms with Gasteiger partial charge in [0.15, 0.2) is 0 Å². The maximum Gasteiger partial charge on any atom is 0.0252 e. The summed E-state index contributed by atoms with van der Waals surface area (Å²) < 4.78 is 0. The molecule has 0 bridgehead atoms. The molecule has 0 aromatic carbocycles. The van der Waals surface area contributed by atoms with E-state index >= 15 is 0 Å². The summed E-state index contributed by atoms with van der Waals surface area (Å²) in [5.41, 5.74) is 6.11. The molecule has 2 N–H and O–H groups in total. The standard InChI is InChI=1S/C11H26N2/c1-6-8-13(10(3)4)9-11(5,12)7-2/h10H,6-9,12H2,1-5H3. The highest BCUT2D eigenvalue weighted by Crippen LogP contribution is 2.10. The third-order valence-corrected chi connectivity index (χ3v) is 2.61. The average molecular weight is 186 g/mol. The Morgan fingerprint density at radius 2 is 1.85 bits per heavy atom. The van der Waals surface area contributed by atoms with Crippen LogP contribution in [0.1, 0.15) is 47.5 Å². The van der Waals surface area contributed by atoms with Gasteiger partial charge >= 0.3 is 0 Å². The van der Waals surface area contributed by atoms with Gasteiger partial charge in [0, 0.05) is 18.1 Å². The van der Waals surface area contributed by atoms with Gasteiger partial charge in [0.25, 0.3) is 0 Å². The minimum absolute atomic E-state index is 0.0283. The lowest BCUT2D eigenvalue weighted by atomic mass is 9.99. The maximum absolute atomic E-state index is 6.14. The SMILES string of the molecule is CCCN(CC(C)(N)CC)C(C)C. The van der Waals surface area contributed by atoms with Crippen molar-refractivity contribution in [3.05, 3.63) is 0 Å². The summed E-state index contributed by atoms with van der Waals surface area (Å²) in [6.45, 7) is 13.2. The Morgan fingerprint density at radius 3 is 2.15 bits per heavy atom. The molecular weight excluding hydrogens is 160 g/mol. The molecule has 2 nitrogen and oxygen atoms in total. The molecule has 0 radical (unpaired) electrons. The van der Waals surface area contributed by atoms with Gasteiger partial charge in [-0.15, -0.1) is 0 Å². The Labute approximate surface area is 83.5 Å². The van der Waals surface area contributed by atoms with Crippen molar-refractivity contribution in [1.29, 1.82) is 0 Å². The predicted octanol–water partition coefficient (Wildman–Crippen LogP) is 2.23. The zero-order chi connectivity index (χ0) is 10.5. The van der Waals surface area contributed by atoms with Gasteiger partial charge in [0.05, 0.1) is 0 Å². The molecule has 1 atom stereocenters. The van der Waals surface area contributed by atoms with E-state index in [0.29, 0.717) is 6.04 Å². The monoisotopic (exact) mass is 186 g/mol. The van der Waals surface area contributed by atoms with Crippen LogP contribution in [0.3, 0.4) is 0 Å². The Hall–Kier alpha value is -0.0800. The number of hydrogen-bond acceptors (Lipinski definition) is 2. The van der Waals surface area contributed by atoms with Crippen LogP contribution in [0.2, 0.25) is 0 Å². The second-order valence-electron chi connectivity index (χ2n) is 4.57. The molecule has 0 aliphatic heterocycles. The first-order valence-electron chi connectivity index (χ1n) is 5.46. The topological polar surface area (TPSA) is 29.3 Å². The lowest BCUT2D eigenvalue weighted by Crippen LogP contribution is -2.49. The lowest BCUT2D eigenvalue weighted by molar-refractivity contribution is 0.174. The van der Waals surface area contributed by atoms with Gasteiger partial charge in [-0.2, -0.15) is 0 Å². The van der Waals surface area contributed by atoms with Crippen LogP contribution >= 0.6 is 0 Å². The van der Waals surface area contributed by atoms with Crippen molar-refractivity contribution < 1.29 is 0 Å². The van der Waals surface area contributed by atoms with E-state index in [9.17, 15) is 0 Å². The Balaban J connectivity index is 4.08. The van der Waals surface area contributed by atoms with Crippen LogP contribution in [-0.4, -0.2) is 29.6 Å². The van der Waals surface area contributed by atoms with Crippen LogP contribution in [-0.2, 0) is 0 Å². The van der Waals surface area contributed by atoms with Crippen LogP contribution in [0.5, 0.6) is 0 Å². The molecule has 0 rings (SSSR count). The largest absolute Gasteiger partial charge is 0.324 e. The molecule has 0 saturated heterocycles. The zero-order valence-corrected chi connectivity index (χ0v) is 9.93. The summed E-state index contributed by atoms with van der Waals surface area (Å²) in [6, 6.07) is 0.606. The van der Waals surface area contributed by atoms with Gasteiger partial charge in [0.1, 0.15) is 0 Å². The minimum atomic E-state index is -0.0283. The first-order valence-corrected chi connectivity index (χ1v) is 5.46. The van der Waals surface area contributed by atoms with E-state index in [1.54, 1.807) is 0 Å². The molecule has 80 valence electrons. The Morgan fingerprint density at radius 1 is 1.31 bits per heavy atom. The molecule has 0 aliphatic carbocycles. The van der Waals surface area contributed by atoms with E-state index in [1.165, 1.54) is 6.42 Å².